The molecule has 0 aromatic carbocycles. The molecule has 0 aromatic heterocycles. The Kier molecular flexibility index (Phi) is 6.50. The number of rotatable bonds is 8. The van der Waals surface area contributed by atoms with Crippen LogP contribution in [0.4, 0.5) is 0 Å². The number of nitrogens with two attached hydrogens (primary N) is 1. The molecule has 1 nitrogen and oxygen atoms in total. The SMILES string of the molecule is [CH2]CC(N)[Si](CC=C)(CC=C)CC=C. The number of allylic oxidation sites excluding steroid dienone is 3. The zero-order valence-electron chi connectivity index (χ0n) is 9.04. The van der Waals surface area contributed by atoms with Gasteiger partial charge in [0.25, 0.3) is 0 Å². The van der Waals surface area contributed by atoms with Crippen LogP contribution in [-0.4, -0.2) is 13.7 Å². The summed E-state index contributed by atoms with van der Waals surface area (Å²) in [5.41, 5.74) is 6.39. The minimum atomic E-state index is -1.54. The lowest BCUT2D eigenvalue weighted by Gasteiger charge is -2.34. The highest BCUT2D eigenvalue weighted by molar-refractivity contribution is 6.82. The predicted molar refractivity (Wildman–Crippen MR) is 68.7 cm³/mol. The molecule has 0 rings (SSSR count). The van der Waals surface area contributed by atoms with Gasteiger partial charge in [0.2, 0.25) is 0 Å². The summed E-state index contributed by atoms with van der Waals surface area (Å²) in [5, 5.41) is 0. The molecule has 1 atom stereocenters. The van der Waals surface area contributed by atoms with Gasteiger partial charge in [-0.05, 0) is 30.2 Å². The van der Waals surface area contributed by atoms with Crippen LogP contribution in [0.15, 0.2) is 38.0 Å². The van der Waals surface area contributed by atoms with Gasteiger partial charge in [-0.2, -0.15) is 0 Å². The monoisotopic (exact) mass is 208 g/mol. The van der Waals surface area contributed by atoms with Crippen molar-refractivity contribution in [3.8, 4) is 0 Å². The van der Waals surface area contributed by atoms with E-state index < -0.39 is 8.07 Å². The Morgan fingerprint density at radius 3 is 1.57 bits per heavy atom. The third kappa shape index (κ3) is 3.27. The number of hydrogen-bond donors (Lipinski definition) is 1. The fourth-order valence-corrected chi connectivity index (χ4v) is 5.62. The van der Waals surface area contributed by atoms with Crippen LogP contribution in [0.25, 0.3) is 0 Å². The fraction of sp³-hybridized carbons (Fsp3) is 0.417. The predicted octanol–water partition coefficient (Wildman–Crippen LogP) is 3.08. The van der Waals surface area contributed by atoms with Crippen LogP contribution >= 0.6 is 0 Å². The van der Waals surface area contributed by atoms with Gasteiger partial charge in [0, 0.05) is 0 Å². The van der Waals surface area contributed by atoms with Gasteiger partial charge in [-0.1, -0.05) is 25.2 Å². The first-order chi connectivity index (χ1) is 6.66. The largest absolute Gasteiger partial charge is 0.330 e. The minimum Gasteiger partial charge on any atom is -0.330 e. The Bertz CT molecular complexity index is 172. The van der Waals surface area contributed by atoms with Crippen LogP contribution in [0.3, 0.4) is 0 Å². The van der Waals surface area contributed by atoms with Gasteiger partial charge in [0.05, 0.1) is 8.07 Å². The van der Waals surface area contributed by atoms with Crippen molar-refractivity contribution in [3.63, 3.8) is 0 Å². The number of hydrogen-bond acceptors (Lipinski definition) is 1. The Morgan fingerprint density at radius 1 is 1.00 bits per heavy atom. The first-order valence-corrected chi connectivity index (χ1v) is 7.74. The normalized spacial score (nSPS) is 13.3. The maximum Gasteiger partial charge on any atom is 0.0833 e. The van der Waals surface area contributed by atoms with Gasteiger partial charge < -0.3 is 5.73 Å². The molecule has 0 aromatic rings. The molecule has 0 saturated heterocycles. The first-order valence-electron chi connectivity index (χ1n) is 5.04. The van der Waals surface area contributed by atoms with E-state index in [2.05, 4.69) is 26.7 Å². The Labute approximate surface area is 89.4 Å². The fourth-order valence-electron chi connectivity index (χ4n) is 1.87. The molecule has 0 aliphatic rings. The van der Waals surface area contributed by atoms with Gasteiger partial charge >= 0.3 is 0 Å². The molecule has 2 N–H and O–H groups in total. The van der Waals surface area contributed by atoms with E-state index in [0.29, 0.717) is 0 Å². The quantitative estimate of drug-likeness (QED) is 0.481. The molecule has 0 fully saturated rings. The highest BCUT2D eigenvalue weighted by atomic mass is 28.3. The molecule has 0 aliphatic carbocycles. The average Bonchev–Trinajstić information content (AvgIpc) is 2.17. The minimum absolute atomic E-state index is 0.219. The summed E-state index contributed by atoms with van der Waals surface area (Å²) in [4.78, 5) is 0. The molecule has 79 valence electrons. The topological polar surface area (TPSA) is 26.0 Å². The average molecular weight is 208 g/mol. The lowest BCUT2D eigenvalue weighted by molar-refractivity contribution is 0.854. The van der Waals surface area contributed by atoms with Crippen molar-refractivity contribution >= 4 is 8.07 Å². The van der Waals surface area contributed by atoms with Crippen molar-refractivity contribution < 1.29 is 0 Å². The molecule has 14 heavy (non-hydrogen) atoms. The van der Waals surface area contributed by atoms with Gasteiger partial charge in [-0.15, -0.1) is 19.7 Å². The second kappa shape index (κ2) is 6.79. The second-order valence-corrected chi connectivity index (χ2v) is 8.43. The zero-order chi connectivity index (χ0) is 11.0. The van der Waals surface area contributed by atoms with Crippen molar-refractivity contribution in [2.75, 3.05) is 0 Å². The molecule has 0 bridgehead atoms. The van der Waals surface area contributed by atoms with Crippen LogP contribution in [0.2, 0.25) is 18.1 Å². The van der Waals surface area contributed by atoms with Crippen molar-refractivity contribution in [2.24, 2.45) is 5.73 Å². The van der Waals surface area contributed by atoms with E-state index in [1.54, 1.807) is 0 Å². The van der Waals surface area contributed by atoms with E-state index in [0.717, 1.165) is 24.6 Å². The molecule has 0 heterocycles. The molecule has 1 radical (unpaired) electrons. The lowest BCUT2D eigenvalue weighted by atomic mass is 10.5. The summed E-state index contributed by atoms with van der Waals surface area (Å²) in [7, 11) is -1.54. The first kappa shape index (κ1) is 13.4. The van der Waals surface area contributed by atoms with Crippen molar-refractivity contribution in [2.45, 2.75) is 30.2 Å². The van der Waals surface area contributed by atoms with Crippen LogP contribution in [0.5, 0.6) is 0 Å². The van der Waals surface area contributed by atoms with Gasteiger partial charge in [-0.3, -0.25) is 0 Å². The van der Waals surface area contributed by atoms with Crippen LogP contribution < -0.4 is 5.73 Å². The van der Waals surface area contributed by atoms with Crippen molar-refractivity contribution in [1.82, 2.24) is 0 Å². The summed E-state index contributed by atoms with van der Waals surface area (Å²) in [6, 6.07) is 3.09. The van der Waals surface area contributed by atoms with Crippen LogP contribution in [-0.2, 0) is 0 Å². The van der Waals surface area contributed by atoms with Gasteiger partial charge in [0.1, 0.15) is 0 Å². The summed E-state index contributed by atoms with van der Waals surface area (Å²) < 4.78 is 0. The summed E-state index contributed by atoms with van der Waals surface area (Å²) in [6.45, 7) is 15.4. The van der Waals surface area contributed by atoms with Crippen LogP contribution in [0.1, 0.15) is 6.42 Å². The smallest absolute Gasteiger partial charge is 0.0833 e. The highest BCUT2D eigenvalue weighted by Crippen LogP contribution is 2.26. The van der Waals surface area contributed by atoms with E-state index >= 15 is 0 Å². The summed E-state index contributed by atoms with van der Waals surface area (Å²) >= 11 is 0. The van der Waals surface area contributed by atoms with E-state index in [1.165, 1.54) is 0 Å². The van der Waals surface area contributed by atoms with Gasteiger partial charge in [0.15, 0.2) is 0 Å². The van der Waals surface area contributed by atoms with E-state index in [-0.39, 0.29) is 5.67 Å². The van der Waals surface area contributed by atoms with Crippen LogP contribution in [0, 0.1) is 6.92 Å². The lowest BCUT2D eigenvalue weighted by Crippen LogP contribution is -2.51. The molecule has 0 saturated carbocycles. The van der Waals surface area contributed by atoms with E-state index in [4.69, 9.17) is 5.73 Å². The Hall–Kier alpha value is -0.603. The van der Waals surface area contributed by atoms with Gasteiger partial charge in [-0.25, -0.2) is 0 Å². The molecule has 1 unspecified atom stereocenters. The third-order valence-corrected chi connectivity index (χ3v) is 7.92. The molecule has 0 aliphatic heterocycles. The third-order valence-electron chi connectivity index (χ3n) is 2.75. The van der Waals surface area contributed by atoms with E-state index in [1.807, 2.05) is 18.2 Å². The summed E-state index contributed by atoms with van der Waals surface area (Å²) in [6.07, 6.45) is 6.74. The standard InChI is InChI=1S/C12H22NSi/c1-5-9-14(10-6-2,11-7-3)12(13)8-4/h5-7,12H,1-4,8-11,13H2. The molecular weight excluding hydrogens is 186 g/mol. The maximum atomic E-state index is 6.17. The zero-order valence-corrected chi connectivity index (χ0v) is 10.0. The van der Waals surface area contributed by atoms with Crippen molar-refractivity contribution in [1.29, 1.82) is 0 Å². The molecular formula is C12H22NSi. The summed E-state index contributed by atoms with van der Waals surface area (Å²) in [5.74, 6) is 0. The second-order valence-electron chi connectivity index (χ2n) is 3.74. The molecule has 0 spiro atoms. The molecule has 2 heteroatoms. The van der Waals surface area contributed by atoms with Crippen molar-refractivity contribution in [3.05, 3.63) is 44.9 Å². The molecule has 0 amide bonds. The van der Waals surface area contributed by atoms with E-state index in [9.17, 15) is 0 Å². The Morgan fingerprint density at radius 2 is 1.36 bits per heavy atom. The maximum absolute atomic E-state index is 6.17. The highest BCUT2D eigenvalue weighted by Gasteiger charge is 2.34. The Balaban J connectivity index is 4.78.